The summed E-state index contributed by atoms with van der Waals surface area (Å²) in [4.78, 5) is 14.3. The smallest absolute Gasteiger partial charge is 0.327 e. The number of nitrogens with zero attached hydrogens (tertiary/aromatic N) is 2. The molecule has 0 spiro atoms. The second-order valence-corrected chi connectivity index (χ2v) is 2.57. The fourth-order valence-electron chi connectivity index (χ4n) is 1.08. The highest BCUT2D eigenvalue weighted by Gasteiger charge is 1.97. The predicted molar refractivity (Wildman–Crippen MR) is 48.4 cm³/mol. The Morgan fingerprint density at radius 2 is 2.54 bits per heavy atom. The number of hydrogen-bond donors (Lipinski definition) is 1. The van der Waals surface area contributed by atoms with Gasteiger partial charge in [-0.05, 0) is 6.92 Å². The molecule has 0 saturated carbocycles. The summed E-state index contributed by atoms with van der Waals surface area (Å²) in [7, 11) is 0. The zero-order chi connectivity index (χ0) is 9.68. The minimum Gasteiger partial charge on any atom is -0.478 e. The molecule has 13 heavy (non-hydrogen) atoms. The summed E-state index contributed by atoms with van der Waals surface area (Å²) < 4.78 is 1.98. The molecule has 0 bridgehead atoms. The van der Waals surface area contributed by atoms with Crippen LogP contribution in [0.15, 0.2) is 24.5 Å². The van der Waals surface area contributed by atoms with Crippen molar-refractivity contribution in [3.63, 3.8) is 0 Å². The van der Waals surface area contributed by atoms with Gasteiger partial charge in [-0.25, -0.2) is 9.78 Å². The Bertz CT molecular complexity index is 315. The maximum Gasteiger partial charge on any atom is 0.327 e. The van der Waals surface area contributed by atoms with Crippen LogP contribution in [0.4, 0.5) is 0 Å². The van der Waals surface area contributed by atoms with Crippen LogP contribution in [0, 0.1) is 0 Å². The molecule has 0 aliphatic heterocycles. The summed E-state index contributed by atoms with van der Waals surface area (Å²) in [6.07, 6.45) is 6.88. The van der Waals surface area contributed by atoms with E-state index in [4.69, 9.17) is 5.11 Å². The lowest BCUT2D eigenvalue weighted by Crippen LogP contribution is -1.99. The zero-order valence-corrected chi connectivity index (χ0v) is 7.47. The first-order valence-electron chi connectivity index (χ1n) is 4.13. The molecule has 0 saturated heterocycles. The number of allylic oxidation sites excluding steroid dienone is 1. The lowest BCUT2D eigenvalue weighted by molar-refractivity contribution is -0.131. The Balaban J connectivity index is 2.58. The minimum absolute atomic E-state index is 0.563. The second kappa shape index (κ2) is 4.45. The van der Waals surface area contributed by atoms with Crippen molar-refractivity contribution in [2.45, 2.75) is 19.9 Å². The largest absolute Gasteiger partial charge is 0.478 e. The molecular weight excluding hydrogens is 168 g/mol. The first-order valence-corrected chi connectivity index (χ1v) is 4.13. The number of hydrogen-bond acceptors (Lipinski definition) is 2. The first-order chi connectivity index (χ1) is 6.24. The Morgan fingerprint density at radius 1 is 1.77 bits per heavy atom. The predicted octanol–water partition coefficient (Wildman–Crippen LogP) is 1.09. The Labute approximate surface area is 76.5 Å². The third kappa shape index (κ3) is 2.74. The molecule has 1 aromatic heterocycles. The van der Waals surface area contributed by atoms with Gasteiger partial charge in [0.2, 0.25) is 0 Å². The molecule has 0 aromatic carbocycles. The summed E-state index contributed by atoms with van der Waals surface area (Å²) in [5, 5.41) is 8.35. The van der Waals surface area contributed by atoms with E-state index in [1.807, 2.05) is 17.7 Å². The molecule has 0 radical (unpaired) electrons. The van der Waals surface area contributed by atoms with Crippen LogP contribution in [0.1, 0.15) is 12.7 Å². The van der Waals surface area contributed by atoms with Crippen molar-refractivity contribution in [3.8, 4) is 0 Å². The van der Waals surface area contributed by atoms with E-state index < -0.39 is 5.97 Å². The van der Waals surface area contributed by atoms with E-state index in [0.717, 1.165) is 18.4 Å². The third-order valence-corrected chi connectivity index (χ3v) is 1.70. The van der Waals surface area contributed by atoms with Gasteiger partial charge in [0.1, 0.15) is 5.82 Å². The van der Waals surface area contributed by atoms with E-state index in [1.165, 1.54) is 0 Å². The van der Waals surface area contributed by atoms with Gasteiger partial charge in [0.25, 0.3) is 0 Å². The Kier molecular flexibility index (Phi) is 3.25. The highest BCUT2D eigenvalue weighted by molar-refractivity contribution is 5.79. The van der Waals surface area contributed by atoms with Crippen LogP contribution in [0.3, 0.4) is 0 Å². The standard InChI is InChI=1S/C9H12N2O2/c1-2-11-7-6-10-8(11)4-3-5-9(12)13/h3,5-7H,2,4H2,1H3,(H,12,13). The summed E-state index contributed by atoms with van der Waals surface area (Å²) in [5.74, 6) is -0.0328. The topological polar surface area (TPSA) is 55.1 Å². The maximum absolute atomic E-state index is 10.2. The number of carboxylic acids is 1. The molecule has 0 aliphatic carbocycles. The zero-order valence-electron chi connectivity index (χ0n) is 7.47. The van der Waals surface area contributed by atoms with Crippen molar-refractivity contribution in [2.24, 2.45) is 0 Å². The second-order valence-electron chi connectivity index (χ2n) is 2.57. The summed E-state index contributed by atoms with van der Waals surface area (Å²) in [6.45, 7) is 2.88. The van der Waals surface area contributed by atoms with Gasteiger partial charge in [0.15, 0.2) is 0 Å². The molecule has 0 atom stereocenters. The van der Waals surface area contributed by atoms with E-state index >= 15 is 0 Å². The van der Waals surface area contributed by atoms with Crippen molar-refractivity contribution < 1.29 is 9.90 Å². The maximum atomic E-state index is 10.2. The molecule has 4 nitrogen and oxygen atoms in total. The summed E-state index contributed by atoms with van der Waals surface area (Å²) in [6, 6.07) is 0. The molecule has 1 N–H and O–H groups in total. The van der Waals surface area contributed by atoms with Gasteiger partial charge in [0, 0.05) is 31.4 Å². The van der Waals surface area contributed by atoms with E-state index in [9.17, 15) is 4.79 Å². The van der Waals surface area contributed by atoms with Gasteiger partial charge in [0.05, 0.1) is 0 Å². The van der Waals surface area contributed by atoms with Crippen LogP contribution in [-0.2, 0) is 17.8 Å². The van der Waals surface area contributed by atoms with E-state index in [2.05, 4.69) is 4.98 Å². The number of carbonyl (C=O) groups is 1. The highest BCUT2D eigenvalue weighted by Crippen LogP contribution is 1.98. The number of aliphatic carboxylic acids is 1. The van der Waals surface area contributed by atoms with Crippen molar-refractivity contribution in [1.29, 1.82) is 0 Å². The molecule has 4 heteroatoms. The molecule has 0 fully saturated rings. The van der Waals surface area contributed by atoms with Crippen LogP contribution >= 0.6 is 0 Å². The SMILES string of the molecule is CCn1ccnc1CC=CC(=O)O. The lowest BCUT2D eigenvalue weighted by atomic mass is 10.3. The monoisotopic (exact) mass is 180 g/mol. The van der Waals surface area contributed by atoms with Crippen molar-refractivity contribution in [2.75, 3.05) is 0 Å². The minimum atomic E-state index is -0.922. The van der Waals surface area contributed by atoms with Crippen LogP contribution in [0.5, 0.6) is 0 Å². The Hall–Kier alpha value is -1.58. The van der Waals surface area contributed by atoms with Crippen molar-refractivity contribution in [1.82, 2.24) is 9.55 Å². The molecule has 0 amide bonds. The fraction of sp³-hybridized carbons (Fsp3) is 0.333. The van der Waals surface area contributed by atoms with Gasteiger partial charge >= 0.3 is 5.97 Å². The number of carboxylic acid groups (broad SMARTS) is 1. The number of aromatic nitrogens is 2. The van der Waals surface area contributed by atoms with Gasteiger partial charge in [-0.2, -0.15) is 0 Å². The Morgan fingerprint density at radius 3 is 3.15 bits per heavy atom. The number of imidazole rings is 1. The number of rotatable bonds is 4. The third-order valence-electron chi connectivity index (χ3n) is 1.70. The van der Waals surface area contributed by atoms with Gasteiger partial charge in [-0.15, -0.1) is 0 Å². The first kappa shape index (κ1) is 9.51. The molecule has 1 rings (SSSR count). The quantitative estimate of drug-likeness (QED) is 0.705. The van der Waals surface area contributed by atoms with E-state index in [0.29, 0.717) is 6.42 Å². The van der Waals surface area contributed by atoms with Crippen LogP contribution in [0.2, 0.25) is 0 Å². The number of aryl methyl sites for hydroxylation is 1. The van der Waals surface area contributed by atoms with Crippen molar-refractivity contribution in [3.05, 3.63) is 30.4 Å². The van der Waals surface area contributed by atoms with Gasteiger partial charge in [-0.3, -0.25) is 0 Å². The van der Waals surface area contributed by atoms with E-state index in [-0.39, 0.29) is 0 Å². The normalized spacial score (nSPS) is 10.8. The van der Waals surface area contributed by atoms with Crippen LogP contribution in [-0.4, -0.2) is 20.6 Å². The average molecular weight is 180 g/mol. The fourth-order valence-corrected chi connectivity index (χ4v) is 1.08. The van der Waals surface area contributed by atoms with E-state index in [1.54, 1.807) is 12.3 Å². The van der Waals surface area contributed by atoms with Gasteiger partial charge in [-0.1, -0.05) is 6.08 Å². The highest BCUT2D eigenvalue weighted by atomic mass is 16.4. The average Bonchev–Trinajstić information content (AvgIpc) is 2.51. The lowest BCUT2D eigenvalue weighted by Gasteiger charge is -2.00. The van der Waals surface area contributed by atoms with Gasteiger partial charge < -0.3 is 9.67 Å². The van der Waals surface area contributed by atoms with Crippen LogP contribution < -0.4 is 0 Å². The molecular formula is C9H12N2O2. The molecule has 0 aliphatic rings. The molecule has 70 valence electrons. The van der Waals surface area contributed by atoms with Crippen molar-refractivity contribution >= 4 is 5.97 Å². The van der Waals surface area contributed by atoms with Crippen LogP contribution in [0.25, 0.3) is 0 Å². The molecule has 1 aromatic rings. The molecule has 0 unspecified atom stereocenters. The summed E-state index contributed by atoms with van der Waals surface area (Å²) in [5.41, 5.74) is 0. The molecule has 1 heterocycles. The summed E-state index contributed by atoms with van der Waals surface area (Å²) >= 11 is 0.